The van der Waals surface area contributed by atoms with Gasteiger partial charge in [-0.3, -0.25) is 0 Å². The average molecular weight is 333 g/mol. The molecule has 0 aliphatic carbocycles. The molecule has 0 fully saturated rings. The zero-order chi connectivity index (χ0) is 16.5. The van der Waals surface area contributed by atoms with Gasteiger partial charge in [0.05, 0.1) is 12.3 Å². The van der Waals surface area contributed by atoms with Crippen molar-refractivity contribution in [2.75, 3.05) is 6.61 Å². The molecule has 0 amide bonds. The Kier molecular flexibility index (Phi) is 4.50. The van der Waals surface area contributed by atoms with Crippen LogP contribution in [0.1, 0.15) is 27.9 Å². The lowest BCUT2D eigenvalue weighted by atomic mass is 10.1. The van der Waals surface area contributed by atoms with Gasteiger partial charge in [-0.05, 0) is 19.9 Å². The lowest BCUT2D eigenvalue weighted by molar-refractivity contribution is -0.139. The molecule has 0 radical (unpaired) electrons. The van der Waals surface area contributed by atoms with Gasteiger partial charge in [0, 0.05) is 5.56 Å². The van der Waals surface area contributed by atoms with Crippen molar-refractivity contribution in [1.82, 2.24) is 4.98 Å². The summed E-state index contributed by atoms with van der Waals surface area (Å²) in [7, 11) is 0. The molecule has 0 aliphatic rings. The number of carbonyl (C=O) groups excluding carboxylic acids is 1. The standard InChI is InChI=1S/C14H11F4NO2S/c1-3-21-13(20)11-7(2)19-12(22-11)8-5-4-6-9(15)10(8)14(16,17)18/h4-6H,3H2,1-2H3. The Morgan fingerprint density at radius 1 is 1.36 bits per heavy atom. The van der Waals surface area contributed by atoms with E-state index >= 15 is 0 Å². The van der Waals surface area contributed by atoms with Gasteiger partial charge in [-0.15, -0.1) is 11.3 Å². The highest BCUT2D eigenvalue weighted by atomic mass is 32.1. The lowest BCUT2D eigenvalue weighted by Gasteiger charge is -2.11. The minimum atomic E-state index is -4.86. The van der Waals surface area contributed by atoms with Crippen LogP contribution in [0.4, 0.5) is 17.6 Å². The molecule has 1 aromatic heterocycles. The van der Waals surface area contributed by atoms with Crippen LogP contribution < -0.4 is 0 Å². The first-order valence-electron chi connectivity index (χ1n) is 6.26. The molecule has 0 saturated heterocycles. The summed E-state index contributed by atoms with van der Waals surface area (Å²) in [5, 5.41) is -0.0765. The minimum Gasteiger partial charge on any atom is -0.462 e. The van der Waals surface area contributed by atoms with Crippen LogP contribution in [0.2, 0.25) is 0 Å². The van der Waals surface area contributed by atoms with Gasteiger partial charge in [-0.1, -0.05) is 12.1 Å². The van der Waals surface area contributed by atoms with E-state index in [1.165, 1.54) is 13.0 Å². The van der Waals surface area contributed by atoms with Crippen molar-refractivity contribution in [2.24, 2.45) is 0 Å². The monoisotopic (exact) mass is 333 g/mol. The van der Waals surface area contributed by atoms with Gasteiger partial charge >= 0.3 is 12.1 Å². The molecule has 0 saturated carbocycles. The first kappa shape index (κ1) is 16.4. The zero-order valence-electron chi connectivity index (χ0n) is 11.6. The maximum absolute atomic E-state index is 13.6. The average Bonchev–Trinajstić information content (AvgIpc) is 2.79. The molecule has 2 rings (SSSR count). The highest BCUT2D eigenvalue weighted by Gasteiger charge is 2.38. The fourth-order valence-corrected chi connectivity index (χ4v) is 2.88. The highest BCUT2D eigenvalue weighted by Crippen LogP contribution is 2.40. The fourth-order valence-electron chi connectivity index (χ4n) is 1.89. The summed E-state index contributed by atoms with van der Waals surface area (Å²) in [4.78, 5) is 15.8. The van der Waals surface area contributed by atoms with E-state index in [1.807, 2.05) is 0 Å². The number of aromatic nitrogens is 1. The predicted octanol–water partition coefficient (Wildman–Crippen LogP) is 4.45. The summed E-state index contributed by atoms with van der Waals surface area (Å²) < 4.78 is 57.5. The number of halogens is 4. The van der Waals surface area contributed by atoms with E-state index in [9.17, 15) is 22.4 Å². The molecule has 0 aliphatic heterocycles. The van der Waals surface area contributed by atoms with Gasteiger partial charge in [0.15, 0.2) is 0 Å². The molecule has 0 atom stereocenters. The first-order chi connectivity index (χ1) is 10.3. The number of aryl methyl sites for hydroxylation is 1. The molecule has 118 valence electrons. The Labute approximate surface area is 127 Å². The first-order valence-corrected chi connectivity index (χ1v) is 7.08. The van der Waals surface area contributed by atoms with Gasteiger partial charge < -0.3 is 4.74 Å². The third-order valence-electron chi connectivity index (χ3n) is 2.78. The van der Waals surface area contributed by atoms with E-state index < -0.39 is 29.1 Å². The van der Waals surface area contributed by atoms with Crippen molar-refractivity contribution in [1.29, 1.82) is 0 Å². The lowest BCUT2D eigenvalue weighted by Crippen LogP contribution is -2.10. The number of carbonyl (C=O) groups is 1. The molecule has 2 aromatic rings. The molecule has 0 bridgehead atoms. The Bertz CT molecular complexity index is 709. The van der Waals surface area contributed by atoms with Gasteiger partial charge in [0.2, 0.25) is 0 Å². The topological polar surface area (TPSA) is 39.2 Å². The normalized spacial score (nSPS) is 11.5. The number of hydrogen-bond donors (Lipinski definition) is 0. The smallest absolute Gasteiger partial charge is 0.419 e. The summed E-state index contributed by atoms with van der Waals surface area (Å²) in [6.07, 6.45) is -4.86. The molecule has 0 unspecified atom stereocenters. The second-order valence-corrected chi connectivity index (χ2v) is 5.31. The van der Waals surface area contributed by atoms with Crippen molar-refractivity contribution >= 4 is 17.3 Å². The molecule has 3 nitrogen and oxygen atoms in total. The van der Waals surface area contributed by atoms with E-state index in [-0.39, 0.29) is 22.2 Å². The fraction of sp³-hybridized carbons (Fsp3) is 0.286. The Morgan fingerprint density at radius 2 is 2.05 bits per heavy atom. The third-order valence-corrected chi connectivity index (χ3v) is 3.96. The summed E-state index contributed by atoms with van der Waals surface area (Å²) >= 11 is 0.747. The van der Waals surface area contributed by atoms with E-state index in [0.29, 0.717) is 0 Å². The van der Waals surface area contributed by atoms with E-state index in [2.05, 4.69) is 4.98 Å². The van der Waals surface area contributed by atoms with Gasteiger partial charge in [-0.25, -0.2) is 14.2 Å². The number of alkyl halides is 3. The summed E-state index contributed by atoms with van der Waals surface area (Å²) in [6.45, 7) is 3.24. The summed E-state index contributed by atoms with van der Waals surface area (Å²) in [6, 6.07) is 3.03. The van der Waals surface area contributed by atoms with Crippen molar-refractivity contribution in [3.63, 3.8) is 0 Å². The Hall–Kier alpha value is -1.96. The highest BCUT2D eigenvalue weighted by molar-refractivity contribution is 7.17. The maximum atomic E-state index is 13.6. The minimum absolute atomic E-state index is 0.0765. The molecule has 1 heterocycles. The van der Waals surface area contributed by atoms with Gasteiger partial charge in [-0.2, -0.15) is 13.2 Å². The van der Waals surface area contributed by atoms with Crippen molar-refractivity contribution in [3.05, 3.63) is 40.2 Å². The van der Waals surface area contributed by atoms with E-state index in [1.54, 1.807) is 6.92 Å². The van der Waals surface area contributed by atoms with Crippen LogP contribution in [0.25, 0.3) is 10.6 Å². The van der Waals surface area contributed by atoms with Crippen molar-refractivity contribution in [2.45, 2.75) is 20.0 Å². The quantitative estimate of drug-likeness (QED) is 0.615. The molecule has 22 heavy (non-hydrogen) atoms. The SMILES string of the molecule is CCOC(=O)c1sc(-c2cccc(F)c2C(F)(F)F)nc1C. The Balaban J connectivity index is 2.57. The number of ether oxygens (including phenoxy) is 1. The van der Waals surface area contributed by atoms with Crippen LogP contribution in [0, 0.1) is 12.7 Å². The van der Waals surface area contributed by atoms with Gasteiger partial charge in [0.1, 0.15) is 21.3 Å². The summed E-state index contributed by atoms with van der Waals surface area (Å²) in [5.41, 5.74) is -1.54. The number of hydrogen-bond acceptors (Lipinski definition) is 4. The molecular weight excluding hydrogens is 322 g/mol. The number of benzene rings is 1. The molecule has 0 spiro atoms. The van der Waals surface area contributed by atoms with E-state index in [4.69, 9.17) is 4.74 Å². The molecule has 1 aromatic carbocycles. The van der Waals surface area contributed by atoms with E-state index in [0.717, 1.165) is 23.5 Å². The van der Waals surface area contributed by atoms with Crippen LogP contribution in [0.15, 0.2) is 18.2 Å². The number of nitrogens with zero attached hydrogens (tertiary/aromatic N) is 1. The Morgan fingerprint density at radius 3 is 2.64 bits per heavy atom. The maximum Gasteiger partial charge on any atom is 0.419 e. The second-order valence-electron chi connectivity index (χ2n) is 4.31. The second kappa shape index (κ2) is 6.04. The molecule has 8 heteroatoms. The van der Waals surface area contributed by atoms with Crippen molar-refractivity contribution < 1.29 is 27.1 Å². The van der Waals surface area contributed by atoms with Crippen LogP contribution >= 0.6 is 11.3 Å². The van der Waals surface area contributed by atoms with Gasteiger partial charge in [0.25, 0.3) is 0 Å². The van der Waals surface area contributed by atoms with Crippen molar-refractivity contribution in [3.8, 4) is 10.6 Å². The van der Waals surface area contributed by atoms with Crippen LogP contribution in [0.3, 0.4) is 0 Å². The van der Waals surface area contributed by atoms with Crippen LogP contribution in [0.5, 0.6) is 0 Å². The van der Waals surface area contributed by atoms with Crippen LogP contribution in [-0.4, -0.2) is 17.6 Å². The van der Waals surface area contributed by atoms with Crippen LogP contribution in [-0.2, 0) is 10.9 Å². The summed E-state index contributed by atoms with van der Waals surface area (Å²) in [5.74, 6) is -2.04. The molecule has 0 N–H and O–H groups in total. The third kappa shape index (κ3) is 3.11. The number of esters is 1. The largest absolute Gasteiger partial charge is 0.462 e. The number of rotatable bonds is 3. The zero-order valence-corrected chi connectivity index (χ0v) is 12.4. The predicted molar refractivity (Wildman–Crippen MR) is 73.2 cm³/mol. The number of thiazole rings is 1. The molecular formula is C14H11F4NO2S.